The van der Waals surface area contributed by atoms with Gasteiger partial charge in [0.1, 0.15) is 5.78 Å². The van der Waals surface area contributed by atoms with Gasteiger partial charge in [0.2, 0.25) is 0 Å². The summed E-state index contributed by atoms with van der Waals surface area (Å²) in [6.07, 6.45) is 5.39. The van der Waals surface area contributed by atoms with E-state index in [1.807, 2.05) is 26.8 Å². The molecule has 1 rings (SSSR count). The highest BCUT2D eigenvalue weighted by Crippen LogP contribution is 2.42. The van der Waals surface area contributed by atoms with Crippen LogP contribution >= 0.6 is 11.6 Å². The van der Waals surface area contributed by atoms with Crippen LogP contribution in [0, 0.1) is 10.8 Å². The Hall–Kier alpha value is -0.560. The van der Waals surface area contributed by atoms with Crippen molar-refractivity contribution in [3.05, 3.63) is 23.8 Å². The lowest BCUT2D eigenvalue weighted by Gasteiger charge is -2.37. The number of carbonyl (C=O) groups excluding carboxylic acids is 1. The monoisotopic (exact) mass is 212 g/mol. The molecule has 0 fully saturated rings. The molecule has 0 bridgehead atoms. The number of halogens is 1. The van der Waals surface area contributed by atoms with Gasteiger partial charge in [-0.2, -0.15) is 0 Å². The molecule has 2 heteroatoms. The van der Waals surface area contributed by atoms with E-state index in [4.69, 9.17) is 11.6 Å². The lowest BCUT2D eigenvalue weighted by molar-refractivity contribution is -0.134. The van der Waals surface area contributed by atoms with E-state index in [0.717, 1.165) is 6.42 Å². The molecule has 1 unspecified atom stereocenters. The van der Waals surface area contributed by atoms with Crippen LogP contribution in [0.4, 0.5) is 0 Å². The van der Waals surface area contributed by atoms with Gasteiger partial charge in [-0.1, -0.05) is 44.2 Å². The minimum absolute atomic E-state index is 0.259. The maximum Gasteiger partial charge on any atom is 0.148 e. The van der Waals surface area contributed by atoms with Crippen LogP contribution in [0.5, 0.6) is 0 Å². The van der Waals surface area contributed by atoms with E-state index in [1.165, 1.54) is 0 Å². The van der Waals surface area contributed by atoms with Crippen molar-refractivity contribution in [2.24, 2.45) is 10.8 Å². The average molecular weight is 213 g/mol. The smallest absolute Gasteiger partial charge is 0.148 e. The zero-order valence-corrected chi connectivity index (χ0v) is 9.82. The fourth-order valence-corrected chi connectivity index (χ4v) is 2.37. The molecule has 78 valence electrons. The quantitative estimate of drug-likeness (QED) is 0.638. The highest BCUT2D eigenvalue weighted by atomic mass is 35.5. The van der Waals surface area contributed by atoms with Gasteiger partial charge in [-0.15, -0.1) is 0 Å². The predicted molar refractivity (Wildman–Crippen MR) is 60.3 cm³/mol. The van der Waals surface area contributed by atoms with Crippen LogP contribution < -0.4 is 0 Å². The van der Waals surface area contributed by atoms with Crippen molar-refractivity contribution >= 4 is 17.4 Å². The molecule has 0 amide bonds. The van der Waals surface area contributed by atoms with Gasteiger partial charge in [0.05, 0.1) is 0 Å². The third kappa shape index (κ3) is 2.09. The van der Waals surface area contributed by atoms with Gasteiger partial charge >= 0.3 is 0 Å². The number of allylic oxidation sites excluding steroid dienone is 3. The lowest BCUT2D eigenvalue weighted by Crippen LogP contribution is -2.40. The zero-order chi connectivity index (χ0) is 11.0. The molecule has 1 aliphatic carbocycles. The highest BCUT2D eigenvalue weighted by molar-refractivity contribution is 6.29. The maximum absolute atomic E-state index is 12.2. The first-order valence-corrected chi connectivity index (χ1v) is 5.22. The number of carbonyl (C=O) groups is 1. The van der Waals surface area contributed by atoms with Crippen LogP contribution in [0.25, 0.3) is 0 Å². The summed E-state index contributed by atoms with van der Waals surface area (Å²) < 4.78 is 0. The molecule has 0 N–H and O–H groups in total. The Morgan fingerprint density at radius 1 is 1.57 bits per heavy atom. The summed E-state index contributed by atoms with van der Waals surface area (Å²) >= 11 is 5.78. The normalized spacial score (nSPS) is 30.4. The Labute approximate surface area is 90.8 Å². The fourth-order valence-electron chi connectivity index (χ4n) is 2.09. The number of hydrogen-bond acceptors (Lipinski definition) is 1. The highest BCUT2D eigenvalue weighted by Gasteiger charge is 2.42. The maximum atomic E-state index is 12.2. The largest absolute Gasteiger partial charge is 0.298 e. The summed E-state index contributed by atoms with van der Waals surface area (Å²) in [4.78, 5) is 12.2. The second-order valence-corrected chi connectivity index (χ2v) is 5.47. The second-order valence-electron chi connectivity index (χ2n) is 4.93. The molecule has 1 nitrogen and oxygen atoms in total. The molecule has 0 spiro atoms. The summed E-state index contributed by atoms with van der Waals surface area (Å²) in [5.74, 6) is 0.259. The number of Topliss-reactive ketones (excluding diaryl/α,β-unsaturated/α-hetero) is 1. The molecule has 0 aromatic carbocycles. The summed E-state index contributed by atoms with van der Waals surface area (Å²) in [6, 6.07) is 0. The van der Waals surface area contributed by atoms with Crippen LogP contribution in [0.15, 0.2) is 23.8 Å². The molecule has 0 saturated carbocycles. The Balaban J connectivity index is 2.99. The molecule has 0 aromatic heterocycles. The molecular formula is C12H17ClO. The Morgan fingerprint density at radius 3 is 2.64 bits per heavy atom. The summed E-state index contributed by atoms with van der Waals surface area (Å²) in [5.41, 5.74) is -0.726. The summed E-state index contributed by atoms with van der Waals surface area (Å²) in [6.45, 7) is 9.55. The molecule has 0 saturated heterocycles. The summed E-state index contributed by atoms with van der Waals surface area (Å²) in [5, 5.41) is 0.545. The third-order valence-electron chi connectivity index (χ3n) is 2.81. The van der Waals surface area contributed by atoms with Crippen LogP contribution in [0.2, 0.25) is 0 Å². The molecule has 1 atom stereocenters. The van der Waals surface area contributed by atoms with Gasteiger partial charge in [0.15, 0.2) is 0 Å². The van der Waals surface area contributed by atoms with Crippen LogP contribution in [0.3, 0.4) is 0 Å². The molecule has 14 heavy (non-hydrogen) atoms. The number of ketones is 1. The van der Waals surface area contributed by atoms with Gasteiger partial charge < -0.3 is 0 Å². The van der Waals surface area contributed by atoms with E-state index in [9.17, 15) is 4.79 Å². The molecule has 0 radical (unpaired) electrons. The van der Waals surface area contributed by atoms with E-state index >= 15 is 0 Å². The van der Waals surface area contributed by atoms with Crippen LogP contribution in [0.1, 0.15) is 33.6 Å². The molecule has 0 heterocycles. The first-order valence-electron chi connectivity index (χ1n) is 4.84. The summed E-state index contributed by atoms with van der Waals surface area (Å²) in [7, 11) is 0. The first kappa shape index (κ1) is 11.5. The van der Waals surface area contributed by atoms with Crippen molar-refractivity contribution in [2.75, 3.05) is 0 Å². The lowest BCUT2D eigenvalue weighted by atomic mass is 9.66. The first-order chi connectivity index (χ1) is 6.28. The fraction of sp³-hybridized carbons (Fsp3) is 0.583. The van der Waals surface area contributed by atoms with Crippen molar-refractivity contribution in [2.45, 2.75) is 33.6 Å². The third-order valence-corrected chi connectivity index (χ3v) is 2.94. The Bertz CT molecular complexity index is 301. The SMILES string of the molecule is C=C(Cl)CC1(C)C=CCC(C)(C)C1=O. The average Bonchev–Trinajstić information content (AvgIpc) is 1.98. The van der Waals surface area contributed by atoms with Crippen molar-refractivity contribution in [1.29, 1.82) is 0 Å². The van der Waals surface area contributed by atoms with Gasteiger partial charge in [0.25, 0.3) is 0 Å². The Morgan fingerprint density at radius 2 is 2.14 bits per heavy atom. The van der Waals surface area contributed by atoms with Crippen molar-refractivity contribution in [3.8, 4) is 0 Å². The van der Waals surface area contributed by atoms with E-state index in [1.54, 1.807) is 0 Å². The number of hydrogen-bond donors (Lipinski definition) is 0. The van der Waals surface area contributed by atoms with Crippen molar-refractivity contribution in [3.63, 3.8) is 0 Å². The number of rotatable bonds is 2. The standard InChI is InChI=1S/C12H17ClO/c1-9(13)8-12(4)7-5-6-11(2,3)10(12)14/h5,7H,1,6,8H2,2-4H3. The van der Waals surface area contributed by atoms with Gasteiger partial charge in [-0.05, 0) is 19.8 Å². The van der Waals surface area contributed by atoms with Crippen LogP contribution in [-0.2, 0) is 4.79 Å². The van der Waals surface area contributed by atoms with E-state index in [-0.39, 0.29) is 11.2 Å². The Kier molecular flexibility index (Phi) is 2.91. The van der Waals surface area contributed by atoms with Crippen LogP contribution in [-0.4, -0.2) is 5.78 Å². The second kappa shape index (κ2) is 3.54. The van der Waals surface area contributed by atoms with E-state index < -0.39 is 5.41 Å². The molecule has 1 aliphatic rings. The van der Waals surface area contributed by atoms with E-state index in [0.29, 0.717) is 11.5 Å². The zero-order valence-electron chi connectivity index (χ0n) is 9.06. The van der Waals surface area contributed by atoms with Crippen molar-refractivity contribution < 1.29 is 4.79 Å². The van der Waals surface area contributed by atoms with Gasteiger partial charge in [-0.25, -0.2) is 0 Å². The van der Waals surface area contributed by atoms with E-state index in [2.05, 4.69) is 12.7 Å². The predicted octanol–water partition coefficient (Wildman–Crippen LogP) is 3.69. The molecular weight excluding hydrogens is 196 g/mol. The van der Waals surface area contributed by atoms with Gasteiger partial charge in [-0.3, -0.25) is 4.79 Å². The minimum atomic E-state index is -0.458. The minimum Gasteiger partial charge on any atom is -0.298 e. The van der Waals surface area contributed by atoms with Gasteiger partial charge in [0, 0.05) is 15.9 Å². The molecule has 0 aromatic rings. The molecule has 0 aliphatic heterocycles. The topological polar surface area (TPSA) is 17.1 Å². The van der Waals surface area contributed by atoms with Crippen molar-refractivity contribution in [1.82, 2.24) is 0 Å².